The van der Waals surface area contributed by atoms with Crippen LogP contribution in [-0.2, 0) is 18.3 Å². The summed E-state index contributed by atoms with van der Waals surface area (Å²) in [5.74, 6) is -0.0735. The third-order valence-electron chi connectivity index (χ3n) is 2.66. The third-order valence-corrected chi connectivity index (χ3v) is 3.21. The van der Waals surface area contributed by atoms with E-state index in [-0.39, 0.29) is 6.42 Å². The van der Waals surface area contributed by atoms with Crippen molar-refractivity contribution in [2.75, 3.05) is 0 Å². The van der Waals surface area contributed by atoms with Crippen LogP contribution >= 0.6 is 15.9 Å². The van der Waals surface area contributed by atoms with Crippen molar-refractivity contribution in [2.45, 2.75) is 12.8 Å². The average molecular weight is 310 g/mol. The maximum Gasteiger partial charge on any atom is 0.303 e. The molecule has 2 aromatic heterocycles. The van der Waals surface area contributed by atoms with Crippen molar-refractivity contribution in [3.8, 4) is 11.3 Å². The first-order valence-electron chi connectivity index (χ1n) is 5.43. The number of carboxylic acids is 1. The number of nitrogens with zero attached hydrogens (tertiary/aromatic N) is 3. The quantitative estimate of drug-likeness (QED) is 0.940. The number of carboxylic acid groups (broad SMARTS) is 1. The highest BCUT2D eigenvalue weighted by Gasteiger charge is 2.14. The monoisotopic (exact) mass is 309 g/mol. The molecule has 0 saturated carbocycles. The lowest BCUT2D eigenvalue weighted by Crippen LogP contribution is -2.04. The maximum absolute atomic E-state index is 10.6. The second-order valence-corrected chi connectivity index (χ2v) is 4.61. The summed E-state index contributed by atoms with van der Waals surface area (Å²) in [4.78, 5) is 18.9. The van der Waals surface area contributed by atoms with Gasteiger partial charge in [0, 0.05) is 31.4 Å². The van der Waals surface area contributed by atoms with Gasteiger partial charge < -0.3 is 9.67 Å². The molecule has 0 unspecified atom stereocenters. The van der Waals surface area contributed by atoms with Crippen molar-refractivity contribution in [1.29, 1.82) is 0 Å². The van der Waals surface area contributed by atoms with E-state index in [9.17, 15) is 4.79 Å². The molecule has 18 heavy (non-hydrogen) atoms. The van der Waals surface area contributed by atoms with Gasteiger partial charge >= 0.3 is 5.97 Å². The van der Waals surface area contributed by atoms with Crippen molar-refractivity contribution in [2.24, 2.45) is 7.05 Å². The summed E-state index contributed by atoms with van der Waals surface area (Å²) in [5, 5.41) is 8.70. The van der Waals surface area contributed by atoms with Crippen molar-refractivity contribution in [3.63, 3.8) is 0 Å². The largest absolute Gasteiger partial charge is 0.481 e. The highest BCUT2D eigenvalue weighted by molar-refractivity contribution is 9.10. The van der Waals surface area contributed by atoms with Crippen molar-refractivity contribution in [1.82, 2.24) is 14.5 Å². The van der Waals surface area contributed by atoms with Gasteiger partial charge in [0.25, 0.3) is 0 Å². The molecule has 0 aliphatic rings. The van der Waals surface area contributed by atoms with Crippen LogP contribution in [0.1, 0.15) is 12.2 Å². The number of aliphatic carboxylic acids is 1. The molecular weight excluding hydrogens is 298 g/mol. The molecule has 0 spiro atoms. The van der Waals surface area contributed by atoms with Crippen LogP contribution in [0.25, 0.3) is 11.3 Å². The van der Waals surface area contributed by atoms with Crippen LogP contribution in [0, 0.1) is 0 Å². The van der Waals surface area contributed by atoms with Gasteiger partial charge in [0.1, 0.15) is 10.4 Å². The Hall–Kier alpha value is -1.69. The van der Waals surface area contributed by atoms with E-state index < -0.39 is 5.97 Å². The molecule has 0 amide bonds. The van der Waals surface area contributed by atoms with E-state index in [1.807, 2.05) is 23.7 Å². The van der Waals surface area contributed by atoms with E-state index in [4.69, 9.17) is 5.11 Å². The topological polar surface area (TPSA) is 68.0 Å². The minimum atomic E-state index is -0.820. The van der Waals surface area contributed by atoms with E-state index in [1.165, 1.54) is 0 Å². The Morgan fingerprint density at radius 2 is 2.11 bits per heavy atom. The number of hydrogen-bond acceptors (Lipinski definition) is 3. The lowest BCUT2D eigenvalue weighted by Gasteiger charge is -2.05. The number of halogens is 1. The molecule has 2 rings (SSSR count). The second-order valence-electron chi connectivity index (χ2n) is 3.86. The summed E-state index contributed by atoms with van der Waals surface area (Å²) in [6, 6.07) is 3.78. The molecule has 0 fully saturated rings. The standard InChI is InChI=1S/C12H12BrN3O2/c1-16-9(2-3-10(17)18)15-12(13)11(16)8-4-6-14-7-5-8/h4-7H,2-3H2,1H3,(H,17,18). The van der Waals surface area contributed by atoms with Gasteiger partial charge in [-0.1, -0.05) is 0 Å². The Morgan fingerprint density at radius 3 is 2.72 bits per heavy atom. The number of pyridine rings is 1. The molecule has 5 nitrogen and oxygen atoms in total. The van der Waals surface area contributed by atoms with Crippen LogP contribution in [0.4, 0.5) is 0 Å². The number of carbonyl (C=O) groups is 1. The molecule has 0 bridgehead atoms. The van der Waals surface area contributed by atoms with E-state index >= 15 is 0 Å². The molecule has 2 aromatic rings. The molecule has 94 valence electrons. The van der Waals surface area contributed by atoms with E-state index in [1.54, 1.807) is 12.4 Å². The fourth-order valence-electron chi connectivity index (χ4n) is 1.77. The Labute approximate surface area is 113 Å². The fraction of sp³-hybridized carbons (Fsp3) is 0.250. The van der Waals surface area contributed by atoms with Gasteiger partial charge in [-0.25, -0.2) is 4.98 Å². The Morgan fingerprint density at radius 1 is 1.44 bits per heavy atom. The zero-order valence-electron chi connectivity index (χ0n) is 9.80. The summed E-state index contributed by atoms with van der Waals surface area (Å²) < 4.78 is 2.62. The zero-order valence-corrected chi connectivity index (χ0v) is 11.4. The lowest BCUT2D eigenvalue weighted by molar-refractivity contribution is -0.137. The molecular formula is C12H12BrN3O2. The molecule has 1 N–H and O–H groups in total. The first-order valence-corrected chi connectivity index (χ1v) is 6.22. The summed E-state index contributed by atoms with van der Waals surface area (Å²) in [5.41, 5.74) is 1.92. The lowest BCUT2D eigenvalue weighted by atomic mass is 10.2. The van der Waals surface area contributed by atoms with Gasteiger partial charge in [0.05, 0.1) is 12.1 Å². The third kappa shape index (κ3) is 2.59. The van der Waals surface area contributed by atoms with E-state index in [2.05, 4.69) is 25.9 Å². The molecule has 0 aliphatic carbocycles. The van der Waals surface area contributed by atoms with Crippen LogP contribution < -0.4 is 0 Å². The predicted octanol–water partition coefficient (Wildman–Crippen LogP) is 2.26. The van der Waals surface area contributed by atoms with Crippen LogP contribution in [-0.4, -0.2) is 25.6 Å². The van der Waals surface area contributed by atoms with Gasteiger partial charge in [0.2, 0.25) is 0 Å². The van der Waals surface area contributed by atoms with Crippen molar-refractivity contribution in [3.05, 3.63) is 35.0 Å². The number of hydrogen-bond donors (Lipinski definition) is 1. The predicted molar refractivity (Wildman–Crippen MR) is 70.1 cm³/mol. The molecule has 0 saturated heterocycles. The Kier molecular flexibility index (Phi) is 3.76. The van der Waals surface area contributed by atoms with Crippen LogP contribution in [0.5, 0.6) is 0 Å². The molecule has 6 heteroatoms. The van der Waals surface area contributed by atoms with Gasteiger partial charge in [-0.2, -0.15) is 0 Å². The fourth-order valence-corrected chi connectivity index (χ4v) is 2.47. The summed E-state index contributed by atoms with van der Waals surface area (Å²) in [7, 11) is 1.88. The first-order chi connectivity index (χ1) is 8.59. The maximum atomic E-state index is 10.6. The minimum Gasteiger partial charge on any atom is -0.481 e. The van der Waals surface area contributed by atoms with Gasteiger partial charge in [-0.15, -0.1) is 0 Å². The first kappa shape index (κ1) is 12.8. The number of aromatic nitrogens is 3. The molecule has 0 aromatic carbocycles. The van der Waals surface area contributed by atoms with Crippen LogP contribution in [0.3, 0.4) is 0 Å². The van der Waals surface area contributed by atoms with E-state index in [0.29, 0.717) is 6.42 Å². The Balaban J connectivity index is 2.35. The van der Waals surface area contributed by atoms with Crippen molar-refractivity contribution >= 4 is 21.9 Å². The molecule has 0 atom stereocenters. The number of aryl methyl sites for hydroxylation is 1. The second kappa shape index (κ2) is 5.30. The Bertz CT molecular complexity index is 566. The smallest absolute Gasteiger partial charge is 0.303 e. The van der Waals surface area contributed by atoms with Gasteiger partial charge in [-0.3, -0.25) is 9.78 Å². The van der Waals surface area contributed by atoms with E-state index in [0.717, 1.165) is 21.7 Å². The molecule has 0 radical (unpaired) electrons. The number of imidazole rings is 1. The highest BCUT2D eigenvalue weighted by atomic mass is 79.9. The summed E-state index contributed by atoms with van der Waals surface area (Å²) in [6.07, 6.45) is 3.92. The average Bonchev–Trinajstić information content (AvgIpc) is 2.63. The minimum absolute atomic E-state index is 0.0765. The molecule has 2 heterocycles. The van der Waals surface area contributed by atoms with Crippen LogP contribution in [0.2, 0.25) is 0 Å². The van der Waals surface area contributed by atoms with Crippen molar-refractivity contribution < 1.29 is 9.90 Å². The van der Waals surface area contributed by atoms with Crippen LogP contribution in [0.15, 0.2) is 29.1 Å². The summed E-state index contributed by atoms with van der Waals surface area (Å²) in [6.45, 7) is 0. The van der Waals surface area contributed by atoms with Gasteiger partial charge in [-0.05, 0) is 28.1 Å². The van der Waals surface area contributed by atoms with Gasteiger partial charge in [0.15, 0.2) is 0 Å². The number of rotatable bonds is 4. The summed E-state index contributed by atoms with van der Waals surface area (Å²) >= 11 is 3.41. The molecule has 0 aliphatic heterocycles. The highest BCUT2D eigenvalue weighted by Crippen LogP contribution is 2.28. The zero-order chi connectivity index (χ0) is 13.1. The normalized spacial score (nSPS) is 10.6. The SMILES string of the molecule is Cn1c(CCC(=O)O)nc(Br)c1-c1ccncc1.